The normalized spacial score (nSPS) is 11.9. The Balaban J connectivity index is 1.07. The van der Waals surface area contributed by atoms with Crippen LogP contribution in [-0.2, 0) is 0 Å². The average Bonchev–Trinajstić information content (AvgIpc) is 3.35. The minimum Gasteiger partial charge on any atom is -0.256 e. The highest BCUT2D eigenvalue weighted by Gasteiger charge is 2.20. The number of nitrogens with zero attached hydrogens (tertiary/aromatic N) is 4. The summed E-state index contributed by atoms with van der Waals surface area (Å²) in [6, 6.07) is 71.9. The maximum Gasteiger partial charge on any atom is 0.164 e. The predicted octanol–water partition coefficient (Wildman–Crippen LogP) is 15.1. The van der Waals surface area contributed by atoms with Gasteiger partial charge in [-0.25, -0.2) is 15.0 Å². The Morgan fingerprint density at radius 1 is 0.258 bits per heavy atom. The standard InChI is InChI=1S/C58H34N4/c1-2-12-38(13-3-1)56-60-57(41-29-30-51-39(32-41)17-11-31-59-51)62-58(61-56)49-21-7-6-20-45(49)44-19-5-4-18-43(44)42-33-40-28-27-37-15-9-23-47-46-22-8-14-35-25-26-36-16-10-24-48(54(36)52(35)46)50(34-42)55(40)53(37)47/h1-34H. The fraction of sp³-hybridized carbons (Fsp3) is 0. The zero-order valence-electron chi connectivity index (χ0n) is 33.4. The van der Waals surface area contributed by atoms with E-state index in [9.17, 15) is 0 Å². The van der Waals surface area contributed by atoms with Crippen LogP contribution in [-0.4, -0.2) is 19.9 Å². The first kappa shape index (κ1) is 34.5. The molecule has 0 aliphatic heterocycles. The summed E-state index contributed by atoms with van der Waals surface area (Å²) in [5.74, 6) is 1.85. The summed E-state index contributed by atoms with van der Waals surface area (Å²) in [5.41, 5.74) is 8.14. The second-order valence-electron chi connectivity index (χ2n) is 16.1. The van der Waals surface area contributed by atoms with Crippen molar-refractivity contribution in [1.82, 2.24) is 19.9 Å². The zero-order valence-corrected chi connectivity index (χ0v) is 33.4. The summed E-state index contributed by atoms with van der Waals surface area (Å²) in [4.78, 5) is 20.0. The molecule has 0 atom stereocenters. The highest BCUT2D eigenvalue weighted by Crippen LogP contribution is 2.46. The van der Waals surface area contributed by atoms with E-state index in [1.165, 1.54) is 64.6 Å². The maximum atomic E-state index is 5.23. The van der Waals surface area contributed by atoms with E-state index in [1.807, 2.05) is 42.6 Å². The topological polar surface area (TPSA) is 51.6 Å². The van der Waals surface area contributed by atoms with Crippen LogP contribution >= 0.6 is 0 Å². The quantitative estimate of drug-likeness (QED) is 0.163. The van der Waals surface area contributed by atoms with Gasteiger partial charge in [-0.05, 0) is 123 Å². The van der Waals surface area contributed by atoms with Crippen LogP contribution in [0.3, 0.4) is 0 Å². The van der Waals surface area contributed by atoms with Crippen LogP contribution in [0.1, 0.15) is 0 Å². The van der Waals surface area contributed by atoms with E-state index in [0.29, 0.717) is 17.5 Å². The van der Waals surface area contributed by atoms with Crippen LogP contribution in [0.5, 0.6) is 0 Å². The number of fused-ring (bicyclic) bond motifs is 3. The van der Waals surface area contributed by atoms with Crippen molar-refractivity contribution in [2.75, 3.05) is 0 Å². The number of pyridine rings is 1. The number of hydrogen-bond acceptors (Lipinski definition) is 4. The summed E-state index contributed by atoms with van der Waals surface area (Å²) in [7, 11) is 0. The molecule has 11 aromatic carbocycles. The molecule has 0 aliphatic carbocycles. The smallest absolute Gasteiger partial charge is 0.164 e. The third-order valence-electron chi connectivity index (χ3n) is 12.6. The van der Waals surface area contributed by atoms with E-state index >= 15 is 0 Å². The van der Waals surface area contributed by atoms with Crippen molar-refractivity contribution in [1.29, 1.82) is 0 Å². The molecule has 0 spiro atoms. The third-order valence-corrected chi connectivity index (χ3v) is 12.6. The summed E-state index contributed by atoms with van der Waals surface area (Å²) < 4.78 is 0. The molecule has 0 bridgehead atoms. The Morgan fingerprint density at radius 2 is 0.758 bits per heavy atom. The summed E-state index contributed by atoms with van der Waals surface area (Å²) in [5, 5.41) is 16.2. The van der Waals surface area contributed by atoms with Gasteiger partial charge in [-0.3, -0.25) is 4.98 Å². The first-order valence-corrected chi connectivity index (χ1v) is 21.0. The minimum absolute atomic E-state index is 0.612. The fourth-order valence-corrected chi connectivity index (χ4v) is 9.88. The van der Waals surface area contributed by atoms with Gasteiger partial charge < -0.3 is 0 Å². The summed E-state index contributed by atoms with van der Waals surface area (Å²) in [6.45, 7) is 0. The second-order valence-corrected chi connectivity index (χ2v) is 16.1. The predicted molar refractivity (Wildman–Crippen MR) is 259 cm³/mol. The zero-order chi connectivity index (χ0) is 40.7. The van der Waals surface area contributed by atoms with E-state index in [4.69, 9.17) is 15.0 Å². The van der Waals surface area contributed by atoms with Gasteiger partial charge in [0.25, 0.3) is 0 Å². The number of rotatable bonds is 5. The minimum atomic E-state index is 0.612. The van der Waals surface area contributed by atoms with Crippen molar-refractivity contribution < 1.29 is 0 Å². The second kappa shape index (κ2) is 13.6. The van der Waals surface area contributed by atoms with Gasteiger partial charge in [-0.2, -0.15) is 0 Å². The molecule has 0 unspecified atom stereocenters. The van der Waals surface area contributed by atoms with E-state index in [0.717, 1.165) is 49.8 Å². The number of aromatic nitrogens is 4. The molecule has 2 heterocycles. The molecule has 13 aromatic rings. The first-order valence-electron chi connectivity index (χ1n) is 21.0. The lowest BCUT2D eigenvalue weighted by molar-refractivity contribution is 1.07. The average molecular weight is 787 g/mol. The van der Waals surface area contributed by atoms with Crippen LogP contribution in [0.4, 0.5) is 0 Å². The molecule has 13 rings (SSSR count). The first-order chi connectivity index (χ1) is 30.7. The van der Waals surface area contributed by atoms with Crippen LogP contribution in [0, 0.1) is 0 Å². The van der Waals surface area contributed by atoms with Crippen molar-refractivity contribution in [3.05, 3.63) is 206 Å². The Labute approximate surface area is 356 Å². The van der Waals surface area contributed by atoms with Crippen molar-refractivity contribution >= 4 is 75.5 Å². The van der Waals surface area contributed by atoms with Gasteiger partial charge >= 0.3 is 0 Å². The van der Waals surface area contributed by atoms with E-state index in [-0.39, 0.29) is 0 Å². The Morgan fingerprint density at radius 3 is 1.44 bits per heavy atom. The number of benzene rings is 10. The highest BCUT2D eigenvalue weighted by atomic mass is 15.0. The highest BCUT2D eigenvalue weighted by molar-refractivity contribution is 6.37. The Bertz CT molecular complexity index is 3920. The molecule has 0 aliphatic rings. The van der Waals surface area contributed by atoms with Crippen molar-refractivity contribution in [3.8, 4) is 56.4 Å². The monoisotopic (exact) mass is 786 g/mol. The molecule has 0 saturated heterocycles. The molecule has 4 nitrogen and oxygen atoms in total. The van der Waals surface area contributed by atoms with E-state index in [2.05, 4.69) is 169 Å². The van der Waals surface area contributed by atoms with Gasteiger partial charge in [-0.1, -0.05) is 164 Å². The van der Waals surface area contributed by atoms with Crippen molar-refractivity contribution in [2.45, 2.75) is 0 Å². The Kier molecular flexibility index (Phi) is 7.57. The molecule has 62 heavy (non-hydrogen) atoms. The van der Waals surface area contributed by atoms with Gasteiger partial charge in [0.2, 0.25) is 0 Å². The van der Waals surface area contributed by atoms with Crippen molar-refractivity contribution in [3.63, 3.8) is 0 Å². The van der Waals surface area contributed by atoms with Gasteiger partial charge in [0.05, 0.1) is 5.52 Å². The lowest BCUT2D eigenvalue weighted by Crippen LogP contribution is -2.01. The van der Waals surface area contributed by atoms with E-state index < -0.39 is 0 Å². The molecular formula is C58H34N4. The lowest BCUT2D eigenvalue weighted by atomic mass is 9.85. The molecule has 0 N–H and O–H groups in total. The van der Waals surface area contributed by atoms with Crippen LogP contribution in [0.25, 0.3) is 132 Å². The SMILES string of the molecule is c1ccc(-c2nc(-c3ccc4ncccc4c3)nc(-c3ccccc3-c3ccccc3-c3cc4ccc5cccc6c7cccc8ccc9cccc(c(c3)c4c56)c9c87)n2)cc1. The molecular weight excluding hydrogens is 753 g/mol. The van der Waals surface area contributed by atoms with E-state index in [1.54, 1.807) is 0 Å². The fourth-order valence-electron chi connectivity index (χ4n) is 9.88. The van der Waals surface area contributed by atoms with Gasteiger partial charge in [0.1, 0.15) is 0 Å². The molecule has 4 heteroatoms. The molecule has 2 aromatic heterocycles. The van der Waals surface area contributed by atoms with Crippen LogP contribution < -0.4 is 0 Å². The molecule has 0 fully saturated rings. The van der Waals surface area contributed by atoms with Crippen molar-refractivity contribution in [2.24, 2.45) is 0 Å². The summed E-state index contributed by atoms with van der Waals surface area (Å²) >= 11 is 0. The largest absolute Gasteiger partial charge is 0.256 e. The molecule has 0 amide bonds. The maximum absolute atomic E-state index is 5.23. The van der Waals surface area contributed by atoms with Crippen LogP contribution in [0.15, 0.2) is 206 Å². The number of hydrogen-bond donors (Lipinski definition) is 0. The molecule has 0 radical (unpaired) electrons. The van der Waals surface area contributed by atoms with Gasteiger partial charge in [0, 0.05) is 28.3 Å². The molecule has 0 saturated carbocycles. The van der Waals surface area contributed by atoms with Crippen LogP contribution in [0.2, 0.25) is 0 Å². The molecule has 286 valence electrons. The Hall–Kier alpha value is -8.34. The lowest BCUT2D eigenvalue weighted by Gasteiger charge is -2.18. The third kappa shape index (κ3) is 5.33. The summed E-state index contributed by atoms with van der Waals surface area (Å²) in [6.07, 6.45) is 1.82. The van der Waals surface area contributed by atoms with Gasteiger partial charge in [-0.15, -0.1) is 0 Å². The van der Waals surface area contributed by atoms with Gasteiger partial charge in [0.15, 0.2) is 17.5 Å².